The molecule has 4 rings (SSSR count). The topological polar surface area (TPSA) is 52.0 Å². The van der Waals surface area contributed by atoms with Crippen LogP contribution in [0.3, 0.4) is 0 Å². The van der Waals surface area contributed by atoms with Crippen LogP contribution in [0.2, 0.25) is 10.0 Å². The zero-order valence-electron chi connectivity index (χ0n) is 13.3. The van der Waals surface area contributed by atoms with Gasteiger partial charge in [0.25, 0.3) is 10.0 Å². The van der Waals surface area contributed by atoms with E-state index in [-0.39, 0.29) is 4.90 Å². The number of halogens is 2. The third kappa shape index (κ3) is 2.78. The van der Waals surface area contributed by atoms with Crippen LogP contribution in [0.4, 0.5) is 0 Å². The molecule has 7 heteroatoms. The highest BCUT2D eigenvalue weighted by Crippen LogP contribution is 2.34. The highest BCUT2D eigenvalue weighted by Gasteiger charge is 2.19. The van der Waals surface area contributed by atoms with Crippen molar-refractivity contribution in [2.24, 2.45) is 0 Å². The molecule has 4 nitrogen and oxygen atoms in total. The summed E-state index contributed by atoms with van der Waals surface area (Å²) in [5.41, 5.74) is 2.23. The number of nitrogens with zero attached hydrogens (tertiary/aromatic N) is 2. The second-order valence-electron chi connectivity index (χ2n) is 5.63. The Labute approximate surface area is 160 Å². The molecule has 130 valence electrons. The number of aromatic nitrogens is 2. The van der Waals surface area contributed by atoms with Gasteiger partial charge in [-0.2, -0.15) is 0 Å². The first-order valence-electron chi connectivity index (χ1n) is 7.71. The SMILES string of the molecule is O=S(=O)(c1ccccc1)n1ccc2nc(-c3c(Cl)cccc3Cl)ccc21. The lowest BCUT2D eigenvalue weighted by molar-refractivity contribution is 0.589. The van der Waals surface area contributed by atoms with E-state index in [2.05, 4.69) is 4.98 Å². The van der Waals surface area contributed by atoms with Crippen LogP contribution in [0.15, 0.2) is 77.8 Å². The molecule has 0 bridgehead atoms. The molecule has 0 fully saturated rings. The summed E-state index contributed by atoms with van der Waals surface area (Å²) in [6, 6.07) is 18.6. The molecular weight excluding hydrogens is 391 g/mol. The number of pyridine rings is 1. The van der Waals surface area contributed by atoms with Crippen LogP contribution < -0.4 is 0 Å². The van der Waals surface area contributed by atoms with E-state index in [1.807, 2.05) is 0 Å². The molecule has 0 radical (unpaired) electrons. The third-order valence-electron chi connectivity index (χ3n) is 4.03. The molecular formula is C19H12Cl2N2O2S. The minimum Gasteiger partial charge on any atom is -0.246 e. The van der Waals surface area contributed by atoms with Crippen LogP contribution in [0.25, 0.3) is 22.3 Å². The predicted molar refractivity (Wildman–Crippen MR) is 104 cm³/mol. The van der Waals surface area contributed by atoms with Crippen molar-refractivity contribution in [3.05, 3.63) is 83.0 Å². The fourth-order valence-electron chi connectivity index (χ4n) is 2.79. The monoisotopic (exact) mass is 402 g/mol. The van der Waals surface area contributed by atoms with Crippen molar-refractivity contribution in [3.8, 4) is 11.3 Å². The first-order valence-corrected chi connectivity index (χ1v) is 9.91. The van der Waals surface area contributed by atoms with Gasteiger partial charge in [0, 0.05) is 11.8 Å². The summed E-state index contributed by atoms with van der Waals surface area (Å²) < 4.78 is 27.0. The van der Waals surface area contributed by atoms with Gasteiger partial charge >= 0.3 is 0 Å². The van der Waals surface area contributed by atoms with E-state index in [0.717, 1.165) is 0 Å². The molecule has 2 aromatic heterocycles. The van der Waals surface area contributed by atoms with E-state index in [1.165, 1.54) is 10.2 Å². The van der Waals surface area contributed by atoms with Gasteiger partial charge in [0.15, 0.2) is 0 Å². The zero-order valence-corrected chi connectivity index (χ0v) is 15.6. The third-order valence-corrected chi connectivity index (χ3v) is 6.36. The maximum Gasteiger partial charge on any atom is 0.268 e. The summed E-state index contributed by atoms with van der Waals surface area (Å²) in [6.07, 6.45) is 1.50. The van der Waals surface area contributed by atoms with Gasteiger partial charge in [-0.1, -0.05) is 47.5 Å². The Balaban J connectivity index is 1.87. The lowest BCUT2D eigenvalue weighted by atomic mass is 10.1. The molecule has 0 spiro atoms. The molecule has 2 heterocycles. The molecule has 4 aromatic rings. The van der Waals surface area contributed by atoms with Crippen molar-refractivity contribution in [2.75, 3.05) is 0 Å². The van der Waals surface area contributed by atoms with Crippen LogP contribution in [-0.4, -0.2) is 17.4 Å². The smallest absolute Gasteiger partial charge is 0.246 e. The Morgan fingerprint density at radius 1 is 0.808 bits per heavy atom. The molecule has 0 aliphatic rings. The average molecular weight is 403 g/mol. The first-order chi connectivity index (χ1) is 12.5. The highest BCUT2D eigenvalue weighted by atomic mass is 35.5. The highest BCUT2D eigenvalue weighted by molar-refractivity contribution is 7.90. The quantitative estimate of drug-likeness (QED) is 0.470. The van der Waals surface area contributed by atoms with Crippen molar-refractivity contribution in [1.82, 2.24) is 8.96 Å². The molecule has 2 aromatic carbocycles. The second-order valence-corrected chi connectivity index (χ2v) is 8.26. The number of fused-ring (bicyclic) bond motifs is 1. The maximum absolute atomic E-state index is 12.9. The minimum absolute atomic E-state index is 0.218. The van der Waals surface area contributed by atoms with Gasteiger partial charge in [0.2, 0.25) is 0 Å². The Hall–Kier alpha value is -2.34. The average Bonchev–Trinajstić information content (AvgIpc) is 3.06. The van der Waals surface area contributed by atoms with Gasteiger partial charge in [0.05, 0.1) is 31.7 Å². The number of benzene rings is 2. The Morgan fingerprint density at radius 3 is 2.19 bits per heavy atom. The summed E-state index contributed by atoms with van der Waals surface area (Å²) in [7, 11) is -3.69. The summed E-state index contributed by atoms with van der Waals surface area (Å²) in [4.78, 5) is 4.76. The van der Waals surface area contributed by atoms with Gasteiger partial charge in [0.1, 0.15) is 0 Å². The second kappa shape index (κ2) is 6.43. The lowest BCUT2D eigenvalue weighted by Gasteiger charge is -2.09. The van der Waals surface area contributed by atoms with Crippen molar-refractivity contribution in [2.45, 2.75) is 4.90 Å². The van der Waals surface area contributed by atoms with Crippen LogP contribution >= 0.6 is 23.2 Å². The normalized spacial score (nSPS) is 11.8. The molecule has 0 atom stereocenters. The summed E-state index contributed by atoms with van der Waals surface area (Å²) in [6.45, 7) is 0. The van der Waals surface area contributed by atoms with Crippen molar-refractivity contribution in [1.29, 1.82) is 0 Å². The van der Waals surface area contributed by atoms with Crippen LogP contribution in [0, 0.1) is 0 Å². The van der Waals surface area contributed by atoms with Crippen LogP contribution in [0.1, 0.15) is 0 Å². The van der Waals surface area contributed by atoms with Gasteiger partial charge in [-0.3, -0.25) is 0 Å². The van der Waals surface area contributed by atoms with Crippen molar-refractivity contribution in [3.63, 3.8) is 0 Å². The summed E-state index contributed by atoms with van der Waals surface area (Å²) in [5.74, 6) is 0. The molecule has 0 N–H and O–H groups in total. The molecule has 0 aliphatic heterocycles. The summed E-state index contributed by atoms with van der Waals surface area (Å²) in [5, 5.41) is 0.973. The zero-order chi connectivity index (χ0) is 18.3. The molecule has 0 saturated heterocycles. The van der Waals surface area contributed by atoms with E-state index in [0.29, 0.717) is 32.3 Å². The van der Waals surface area contributed by atoms with Crippen LogP contribution in [0.5, 0.6) is 0 Å². The van der Waals surface area contributed by atoms with E-state index in [1.54, 1.807) is 66.7 Å². The van der Waals surface area contributed by atoms with Crippen LogP contribution in [-0.2, 0) is 10.0 Å². The molecule has 0 saturated carbocycles. The van der Waals surface area contributed by atoms with Gasteiger partial charge in [-0.25, -0.2) is 17.4 Å². The van der Waals surface area contributed by atoms with E-state index < -0.39 is 10.0 Å². The van der Waals surface area contributed by atoms with Crippen molar-refractivity contribution < 1.29 is 8.42 Å². The standard InChI is InChI=1S/C19H12Cl2N2O2S/c20-14-7-4-8-15(21)19(14)17-9-10-18-16(22-17)11-12-23(18)26(24,25)13-5-2-1-3-6-13/h1-12H. The maximum atomic E-state index is 12.9. The first kappa shape index (κ1) is 17.1. The predicted octanol–water partition coefficient (Wildman–Crippen LogP) is 5.25. The van der Waals surface area contributed by atoms with Gasteiger partial charge in [-0.15, -0.1) is 0 Å². The summed E-state index contributed by atoms with van der Waals surface area (Å²) >= 11 is 12.5. The molecule has 0 amide bonds. The Morgan fingerprint density at radius 2 is 1.50 bits per heavy atom. The Bertz CT molecular complexity index is 1200. The fraction of sp³-hybridized carbons (Fsp3) is 0. The lowest BCUT2D eigenvalue weighted by Crippen LogP contribution is -2.11. The minimum atomic E-state index is -3.69. The fourth-order valence-corrected chi connectivity index (χ4v) is 4.75. The number of hydrogen-bond donors (Lipinski definition) is 0. The largest absolute Gasteiger partial charge is 0.268 e. The van der Waals surface area contributed by atoms with E-state index in [4.69, 9.17) is 23.2 Å². The molecule has 0 unspecified atom stereocenters. The van der Waals surface area contributed by atoms with E-state index >= 15 is 0 Å². The Kier molecular flexibility index (Phi) is 4.23. The number of hydrogen-bond acceptors (Lipinski definition) is 3. The molecule has 0 aliphatic carbocycles. The number of rotatable bonds is 3. The van der Waals surface area contributed by atoms with Gasteiger partial charge in [-0.05, 0) is 42.5 Å². The molecule has 26 heavy (non-hydrogen) atoms. The van der Waals surface area contributed by atoms with E-state index in [9.17, 15) is 8.42 Å². The van der Waals surface area contributed by atoms with Gasteiger partial charge < -0.3 is 0 Å². The van der Waals surface area contributed by atoms with Crippen molar-refractivity contribution >= 4 is 44.3 Å².